The van der Waals surface area contributed by atoms with Crippen molar-refractivity contribution in [3.63, 3.8) is 0 Å². The van der Waals surface area contributed by atoms with Crippen LogP contribution in [0.3, 0.4) is 0 Å². The number of nitrogens with one attached hydrogen (secondary N) is 2. The van der Waals surface area contributed by atoms with Gasteiger partial charge < -0.3 is 10.6 Å². The van der Waals surface area contributed by atoms with Crippen LogP contribution in [0.5, 0.6) is 0 Å². The fourth-order valence-corrected chi connectivity index (χ4v) is 2.49. The highest BCUT2D eigenvalue weighted by Gasteiger charge is 2.30. The summed E-state index contributed by atoms with van der Waals surface area (Å²) < 4.78 is 0. The van der Waals surface area contributed by atoms with E-state index in [-0.39, 0.29) is 36.3 Å². The Labute approximate surface area is 136 Å². The molecule has 1 unspecified atom stereocenters. The normalized spacial score (nSPS) is 19.7. The van der Waals surface area contributed by atoms with Crippen molar-refractivity contribution in [1.82, 2.24) is 15.5 Å². The molecule has 1 saturated heterocycles. The van der Waals surface area contributed by atoms with Crippen LogP contribution in [-0.2, 0) is 4.79 Å². The summed E-state index contributed by atoms with van der Waals surface area (Å²) >= 11 is 0. The highest BCUT2D eigenvalue weighted by molar-refractivity contribution is 5.85. The second-order valence-corrected chi connectivity index (χ2v) is 6.14. The Bertz CT molecular complexity index is 275. The van der Waals surface area contributed by atoms with Gasteiger partial charge in [-0.3, -0.25) is 9.69 Å². The Kier molecular flexibility index (Phi) is 11.9. The third kappa shape index (κ3) is 7.67. The van der Waals surface area contributed by atoms with Crippen LogP contribution in [0.4, 0.5) is 0 Å². The van der Waals surface area contributed by atoms with Crippen LogP contribution >= 0.6 is 24.8 Å². The minimum absolute atomic E-state index is 0. The molecule has 0 aliphatic carbocycles. The number of halogens is 2. The molecule has 0 aromatic rings. The van der Waals surface area contributed by atoms with Crippen molar-refractivity contribution in [2.75, 3.05) is 33.2 Å². The number of hydrogen-bond acceptors (Lipinski definition) is 3. The SMILES string of the molecule is CNCCC(=O)NCC(C)(C)N1CCCC(C)C1.Cl.Cl. The largest absolute Gasteiger partial charge is 0.354 e. The van der Waals surface area contributed by atoms with Crippen LogP contribution in [0, 0.1) is 5.92 Å². The molecule has 0 bridgehead atoms. The van der Waals surface area contributed by atoms with E-state index in [1.54, 1.807) is 0 Å². The number of nitrogens with zero attached hydrogens (tertiary/aromatic N) is 1. The van der Waals surface area contributed by atoms with Crippen LogP contribution in [0.15, 0.2) is 0 Å². The third-order valence-electron chi connectivity index (χ3n) is 3.83. The molecule has 1 atom stereocenters. The summed E-state index contributed by atoms with van der Waals surface area (Å²) in [5.74, 6) is 0.917. The van der Waals surface area contributed by atoms with Crippen LogP contribution in [0.25, 0.3) is 0 Å². The van der Waals surface area contributed by atoms with Gasteiger partial charge in [-0.15, -0.1) is 24.8 Å². The molecule has 122 valence electrons. The predicted octanol–water partition coefficient (Wildman–Crippen LogP) is 2.07. The third-order valence-corrected chi connectivity index (χ3v) is 3.83. The first-order valence-corrected chi connectivity index (χ1v) is 7.12. The Morgan fingerprint density at radius 2 is 2.00 bits per heavy atom. The van der Waals surface area contributed by atoms with Gasteiger partial charge in [0.15, 0.2) is 0 Å². The smallest absolute Gasteiger partial charge is 0.221 e. The molecule has 0 spiro atoms. The van der Waals surface area contributed by atoms with Crippen molar-refractivity contribution in [2.45, 2.75) is 45.6 Å². The van der Waals surface area contributed by atoms with Crippen molar-refractivity contribution in [1.29, 1.82) is 0 Å². The first-order chi connectivity index (χ1) is 8.45. The number of carbonyl (C=O) groups is 1. The molecule has 0 radical (unpaired) electrons. The van der Waals surface area contributed by atoms with E-state index in [1.807, 2.05) is 7.05 Å². The number of rotatable bonds is 6. The Balaban J connectivity index is 0. The minimum atomic E-state index is 0. The summed E-state index contributed by atoms with van der Waals surface area (Å²) in [4.78, 5) is 14.1. The van der Waals surface area contributed by atoms with E-state index in [0.29, 0.717) is 6.42 Å². The van der Waals surface area contributed by atoms with Crippen LogP contribution < -0.4 is 10.6 Å². The predicted molar refractivity (Wildman–Crippen MR) is 90.1 cm³/mol. The van der Waals surface area contributed by atoms with Gasteiger partial charge in [0.05, 0.1) is 0 Å². The van der Waals surface area contributed by atoms with E-state index in [1.165, 1.54) is 12.8 Å². The van der Waals surface area contributed by atoms with Crippen molar-refractivity contribution in [3.05, 3.63) is 0 Å². The van der Waals surface area contributed by atoms with Crippen LogP contribution in [0.1, 0.15) is 40.0 Å². The van der Waals surface area contributed by atoms with E-state index in [4.69, 9.17) is 0 Å². The quantitative estimate of drug-likeness (QED) is 0.784. The summed E-state index contributed by atoms with van der Waals surface area (Å²) in [5.41, 5.74) is 0.0595. The van der Waals surface area contributed by atoms with Crippen molar-refractivity contribution in [3.8, 4) is 0 Å². The molecule has 0 aromatic heterocycles. The van der Waals surface area contributed by atoms with Crippen molar-refractivity contribution in [2.24, 2.45) is 5.92 Å². The lowest BCUT2D eigenvalue weighted by Gasteiger charge is -2.43. The molecule has 0 saturated carbocycles. The maximum atomic E-state index is 11.6. The topological polar surface area (TPSA) is 44.4 Å². The van der Waals surface area contributed by atoms with Crippen molar-refractivity contribution >= 4 is 30.7 Å². The highest BCUT2D eigenvalue weighted by Crippen LogP contribution is 2.23. The first kappa shape index (κ1) is 22.3. The number of carbonyl (C=O) groups excluding carboxylic acids is 1. The van der Waals surface area contributed by atoms with Crippen LogP contribution in [-0.4, -0.2) is 49.6 Å². The molecule has 2 N–H and O–H groups in total. The summed E-state index contributed by atoms with van der Waals surface area (Å²) in [6.45, 7) is 10.6. The lowest BCUT2D eigenvalue weighted by molar-refractivity contribution is -0.121. The fourth-order valence-electron chi connectivity index (χ4n) is 2.49. The molecule has 1 amide bonds. The molecule has 20 heavy (non-hydrogen) atoms. The second-order valence-electron chi connectivity index (χ2n) is 6.14. The number of hydrogen-bond donors (Lipinski definition) is 2. The average molecular weight is 328 g/mol. The lowest BCUT2D eigenvalue weighted by atomic mass is 9.93. The van der Waals surface area contributed by atoms with Gasteiger partial charge in [-0.25, -0.2) is 0 Å². The number of likely N-dealkylation sites (tertiary alicyclic amines) is 1. The van der Waals surface area contributed by atoms with E-state index >= 15 is 0 Å². The van der Waals surface area contributed by atoms with E-state index in [0.717, 1.165) is 32.1 Å². The standard InChI is InChI=1S/C14H29N3O.2ClH/c1-12-6-5-9-17(10-12)14(2,3)11-16-13(18)7-8-15-4;;/h12,15H,5-11H2,1-4H3,(H,16,18);2*1H. The zero-order chi connectivity index (χ0) is 13.6. The van der Waals surface area contributed by atoms with Crippen LogP contribution in [0.2, 0.25) is 0 Å². The molecular weight excluding hydrogens is 297 g/mol. The Morgan fingerprint density at radius 3 is 2.55 bits per heavy atom. The van der Waals surface area contributed by atoms with Gasteiger partial charge in [-0.2, -0.15) is 0 Å². The summed E-state index contributed by atoms with van der Waals surface area (Å²) in [7, 11) is 1.87. The van der Waals surface area contributed by atoms with E-state index in [2.05, 4.69) is 36.3 Å². The summed E-state index contributed by atoms with van der Waals surface area (Å²) in [5, 5.41) is 6.04. The van der Waals surface area contributed by atoms with Gasteiger partial charge in [-0.05, 0) is 46.2 Å². The van der Waals surface area contributed by atoms with Gasteiger partial charge in [0.1, 0.15) is 0 Å². The summed E-state index contributed by atoms with van der Waals surface area (Å²) in [6, 6.07) is 0. The average Bonchev–Trinajstić information content (AvgIpc) is 2.34. The number of piperidine rings is 1. The van der Waals surface area contributed by atoms with Gasteiger partial charge in [-0.1, -0.05) is 6.92 Å². The first-order valence-electron chi connectivity index (χ1n) is 7.12. The highest BCUT2D eigenvalue weighted by atomic mass is 35.5. The summed E-state index contributed by atoms with van der Waals surface area (Å²) in [6.07, 6.45) is 3.17. The molecule has 0 aromatic carbocycles. The molecule has 1 fully saturated rings. The molecule has 1 aliphatic heterocycles. The molecule has 1 rings (SSSR count). The molecular formula is C14H31Cl2N3O. The Hall–Kier alpha value is -0.0300. The monoisotopic (exact) mass is 327 g/mol. The van der Waals surface area contributed by atoms with Crippen molar-refractivity contribution < 1.29 is 4.79 Å². The molecule has 1 aliphatic rings. The maximum absolute atomic E-state index is 11.6. The second kappa shape index (κ2) is 10.7. The van der Waals surface area contributed by atoms with E-state index < -0.39 is 0 Å². The molecule has 6 heteroatoms. The Morgan fingerprint density at radius 1 is 1.35 bits per heavy atom. The van der Waals surface area contributed by atoms with E-state index in [9.17, 15) is 4.79 Å². The molecule has 4 nitrogen and oxygen atoms in total. The zero-order valence-corrected chi connectivity index (χ0v) is 14.8. The maximum Gasteiger partial charge on any atom is 0.221 e. The lowest BCUT2D eigenvalue weighted by Crippen LogP contribution is -2.54. The van der Waals surface area contributed by atoms with Gasteiger partial charge >= 0.3 is 0 Å². The van der Waals surface area contributed by atoms with Gasteiger partial charge in [0.25, 0.3) is 0 Å². The minimum Gasteiger partial charge on any atom is -0.354 e. The van der Waals surface area contributed by atoms with Gasteiger partial charge in [0, 0.05) is 31.6 Å². The molecule has 1 heterocycles. The fraction of sp³-hybridized carbons (Fsp3) is 0.929. The van der Waals surface area contributed by atoms with Gasteiger partial charge in [0.2, 0.25) is 5.91 Å². The number of amides is 1. The zero-order valence-electron chi connectivity index (χ0n) is 13.2.